The summed E-state index contributed by atoms with van der Waals surface area (Å²) in [6.07, 6.45) is 0. The molecule has 150 valence electrons. The van der Waals surface area contributed by atoms with E-state index in [9.17, 15) is 9.90 Å². The normalized spacial score (nSPS) is 20.2. The first-order valence-corrected chi connectivity index (χ1v) is 10.1. The van der Waals surface area contributed by atoms with Gasteiger partial charge >= 0.3 is 5.97 Å². The number of rotatable bonds is 5. The first-order chi connectivity index (χ1) is 13.3. The number of carbonyl (C=O) groups is 1. The van der Waals surface area contributed by atoms with E-state index in [0.717, 1.165) is 19.6 Å². The number of hydrogen-bond donors (Lipinski definition) is 1. The molecule has 0 spiro atoms. The maximum Gasteiger partial charge on any atom is 0.321 e. The Morgan fingerprint density at radius 2 is 1.46 bits per heavy atom. The summed E-state index contributed by atoms with van der Waals surface area (Å²) in [5, 5.41) is 9.82. The van der Waals surface area contributed by atoms with Gasteiger partial charge in [-0.15, -0.1) is 0 Å². The maximum absolute atomic E-state index is 12.0. The van der Waals surface area contributed by atoms with Crippen molar-refractivity contribution in [2.45, 2.75) is 45.8 Å². The van der Waals surface area contributed by atoms with Crippen molar-refractivity contribution < 1.29 is 9.90 Å². The van der Waals surface area contributed by atoms with Gasteiger partial charge in [0.15, 0.2) is 0 Å². The lowest BCUT2D eigenvalue weighted by molar-refractivity contribution is -0.149. The predicted octanol–water partition coefficient (Wildman–Crippen LogP) is 4.28. The maximum atomic E-state index is 12.0. The number of carboxylic acids is 1. The Kier molecular flexibility index (Phi) is 6.21. The molecule has 4 heteroatoms. The quantitative estimate of drug-likeness (QED) is 0.841. The molecule has 0 aliphatic carbocycles. The molecule has 2 aromatic carbocycles. The molecule has 4 nitrogen and oxygen atoms in total. The van der Waals surface area contributed by atoms with E-state index in [1.807, 2.05) is 32.9 Å². The zero-order chi connectivity index (χ0) is 20.3. The summed E-state index contributed by atoms with van der Waals surface area (Å²) in [5.74, 6) is -0.726. The van der Waals surface area contributed by atoms with Crippen molar-refractivity contribution in [2.24, 2.45) is 5.41 Å². The van der Waals surface area contributed by atoms with Gasteiger partial charge < -0.3 is 5.11 Å². The molecule has 1 unspecified atom stereocenters. The van der Waals surface area contributed by atoms with E-state index in [0.29, 0.717) is 0 Å². The van der Waals surface area contributed by atoms with Gasteiger partial charge in [-0.25, -0.2) is 0 Å². The average molecular weight is 381 g/mol. The monoisotopic (exact) mass is 380 g/mol. The van der Waals surface area contributed by atoms with Crippen molar-refractivity contribution in [3.05, 3.63) is 71.8 Å². The molecule has 2 atom stereocenters. The Balaban J connectivity index is 1.87. The lowest BCUT2D eigenvalue weighted by Gasteiger charge is -2.48. The fourth-order valence-corrected chi connectivity index (χ4v) is 4.54. The molecule has 1 heterocycles. The number of aliphatic carboxylic acids is 1. The minimum absolute atomic E-state index is 0.178. The molecule has 0 amide bonds. The summed E-state index contributed by atoms with van der Waals surface area (Å²) in [5.41, 5.74) is 2.26. The minimum Gasteiger partial charge on any atom is -0.480 e. The van der Waals surface area contributed by atoms with Crippen LogP contribution in [0, 0.1) is 5.41 Å². The van der Waals surface area contributed by atoms with E-state index in [2.05, 4.69) is 65.3 Å². The van der Waals surface area contributed by atoms with Gasteiger partial charge in [0.25, 0.3) is 0 Å². The van der Waals surface area contributed by atoms with E-state index in [1.54, 1.807) is 0 Å². The SMILES string of the molecule is CC1CN([C@H](C(=O)O)C(C)(C)C)CCN1C(c1ccccc1)c1ccccc1. The van der Waals surface area contributed by atoms with Gasteiger partial charge in [-0.2, -0.15) is 0 Å². The van der Waals surface area contributed by atoms with Crippen molar-refractivity contribution in [3.63, 3.8) is 0 Å². The number of hydrogen-bond acceptors (Lipinski definition) is 3. The molecule has 1 N–H and O–H groups in total. The second-order valence-corrected chi connectivity index (χ2v) is 8.91. The molecule has 3 rings (SSSR count). The van der Waals surface area contributed by atoms with Crippen LogP contribution in [0.3, 0.4) is 0 Å². The first-order valence-electron chi connectivity index (χ1n) is 10.1. The van der Waals surface area contributed by atoms with E-state index >= 15 is 0 Å². The van der Waals surface area contributed by atoms with Crippen molar-refractivity contribution >= 4 is 5.97 Å². The molecule has 0 bridgehead atoms. The third kappa shape index (κ3) is 4.45. The van der Waals surface area contributed by atoms with Crippen LogP contribution in [-0.4, -0.2) is 52.6 Å². The van der Waals surface area contributed by atoms with Crippen LogP contribution in [0.25, 0.3) is 0 Å². The summed E-state index contributed by atoms with van der Waals surface area (Å²) >= 11 is 0. The zero-order valence-corrected chi connectivity index (χ0v) is 17.4. The van der Waals surface area contributed by atoms with Crippen molar-refractivity contribution in [3.8, 4) is 0 Å². The number of carboxylic acid groups (broad SMARTS) is 1. The summed E-state index contributed by atoms with van der Waals surface area (Å²) in [4.78, 5) is 16.6. The highest BCUT2D eigenvalue weighted by atomic mass is 16.4. The van der Waals surface area contributed by atoms with Crippen LogP contribution in [0.1, 0.15) is 44.9 Å². The van der Waals surface area contributed by atoms with Crippen LogP contribution in [0.4, 0.5) is 0 Å². The summed E-state index contributed by atoms with van der Waals surface area (Å²) < 4.78 is 0. The van der Waals surface area contributed by atoms with Gasteiger partial charge in [-0.3, -0.25) is 14.6 Å². The fraction of sp³-hybridized carbons (Fsp3) is 0.458. The van der Waals surface area contributed by atoms with Gasteiger partial charge in [0.1, 0.15) is 6.04 Å². The highest BCUT2D eigenvalue weighted by molar-refractivity contribution is 5.74. The third-order valence-electron chi connectivity index (χ3n) is 5.69. The van der Waals surface area contributed by atoms with Gasteiger partial charge in [0, 0.05) is 25.7 Å². The number of nitrogens with zero attached hydrogens (tertiary/aromatic N) is 2. The molecular weight excluding hydrogens is 348 g/mol. The van der Waals surface area contributed by atoms with Gasteiger partial charge in [-0.1, -0.05) is 81.4 Å². The molecule has 1 aliphatic heterocycles. The second-order valence-electron chi connectivity index (χ2n) is 8.91. The van der Waals surface area contributed by atoms with Crippen LogP contribution >= 0.6 is 0 Å². The summed E-state index contributed by atoms with van der Waals surface area (Å²) in [7, 11) is 0. The smallest absolute Gasteiger partial charge is 0.321 e. The fourth-order valence-electron chi connectivity index (χ4n) is 4.54. The van der Waals surface area contributed by atoms with E-state index in [-0.39, 0.29) is 17.5 Å². The molecular formula is C24H32N2O2. The lowest BCUT2D eigenvalue weighted by atomic mass is 9.84. The molecule has 1 fully saturated rings. The van der Waals surface area contributed by atoms with Gasteiger partial charge in [0.05, 0.1) is 6.04 Å². The highest BCUT2D eigenvalue weighted by Gasteiger charge is 2.40. The summed E-state index contributed by atoms with van der Waals surface area (Å²) in [6, 6.07) is 21.2. The van der Waals surface area contributed by atoms with Crippen LogP contribution in [0.2, 0.25) is 0 Å². The van der Waals surface area contributed by atoms with Crippen LogP contribution < -0.4 is 0 Å². The standard InChI is InChI=1S/C24H32N2O2/c1-18-17-25(22(23(27)28)24(2,3)4)15-16-26(18)21(19-11-7-5-8-12-19)20-13-9-6-10-14-20/h5-14,18,21-22H,15-17H2,1-4H3,(H,27,28)/t18?,22-/m1/s1. The highest BCUT2D eigenvalue weighted by Crippen LogP contribution is 2.34. The largest absolute Gasteiger partial charge is 0.480 e. The second kappa shape index (κ2) is 8.46. The molecule has 0 aromatic heterocycles. The topological polar surface area (TPSA) is 43.8 Å². The Bertz CT molecular complexity index is 731. The molecule has 0 saturated carbocycles. The van der Waals surface area contributed by atoms with Crippen LogP contribution in [-0.2, 0) is 4.79 Å². The Hall–Kier alpha value is -2.17. The molecule has 2 aromatic rings. The van der Waals surface area contributed by atoms with Gasteiger partial charge in [0.2, 0.25) is 0 Å². The molecule has 0 radical (unpaired) electrons. The van der Waals surface area contributed by atoms with Crippen molar-refractivity contribution in [1.82, 2.24) is 9.80 Å². The lowest BCUT2D eigenvalue weighted by Crippen LogP contribution is -2.60. The van der Waals surface area contributed by atoms with Crippen molar-refractivity contribution in [2.75, 3.05) is 19.6 Å². The Morgan fingerprint density at radius 3 is 1.86 bits per heavy atom. The van der Waals surface area contributed by atoms with Crippen molar-refractivity contribution in [1.29, 1.82) is 0 Å². The molecule has 1 aliphatic rings. The third-order valence-corrected chi connectivity index (χ3v) is 5.69. The Morgan fingerprint density at radius 1 is 0.964 bits per heavy atom. The predicted molar refractivity (Wildman–Crippen MR) is 113 cm³/mol. The number of benzene rings is 2. The zero-order valence-electron chi connectivity index (χ0n) is 17.4. The minimum atomic E-state index is -0.726. The van der Waals surface area contributed by atoms with Crippen LogP contribution in [0.15, 0.2) is 60.7 Å². The summed E-state index contributed by atoms with van der Waals surface area (Å²) in [6.45, 7) is 10.6. The molecule has 1 saturated heterocycles. The first kappa shape index (κ1) is 20.6. The van der Waals surface area contributed by atoms with Gasteiger partial charge in [-0.05, 0) is 23.5 Å². The molecule has 28 heavy (non-hydrogen) atoms. The van der Waals surface area contributed by atoms with E-state index in [1.165, 1.54) is 11.1 Å². The van der Waals surface area contributed by atoms with Crippen LogP contribution in [0.5, 0.6) is 0 Å². The average Bonchev–Trinajstić information content (AvgIpc) is 2.64. The Labute approximate surface area is 168 Å². The number of piperazine rings is 1. The van der Waals surface area contributed by atoms with E-state index in [4.69, 9.17) is 0 Å². The van der Waals surface area contributed by atoms with E-state index < -0.39 is 12.0 Å².